The van der Waals surface area contributed by atoms with Crippen LogP contribution >= 0.6 is 23.2 Å². The Morgan fingerprint density at radius 1 is 0.968 bits per heavy atom. The molecule has 1 atom stereocenters. The zero-order chi connectivity index (χ0) is 22.2. The number of nitrogens with zero attached hydrogens (tertiary/aromatic N) is 1. The van der Waals surface area contributed by atoms with E-state index in [2.05, 4.69) is 0 Å². The quantitative estimate of drug-likeness (QED) is 0.575. The number of carbonyl (C=O) groups is 1. The largest absolute Gasteiger partial charge is 0.497 e. The van der Waals surface area contributed by atoms with Crippen molar-refractivity contribution in [2.75, 3.05) is 25.7 Å². The van der Waals surface area contributed by atoms with Gasteiger partial charge in [-0.1, -0.05) is 41.4 Å². The molecule has 1 aliphatic heterocycles. The summed E-state index contributed by atoms with van der Waals surface area (Å²) in [5, 5.41) is 11.4. The third-order valence-corrected chi connectivity index (χ3v) is 6.28. The minimum atomic E-state index is -1.35. The van der Waals surface area contributed by atoms with Crippen molar-refractivity contribution in [1.29, 1.82) is 0 Å². The first-order chi connectivity index (χ1) is 15.0. The predicted octanol–water partition coefficient (Wildman–Crippen LogP) is 4.84. The average molecular weight is 458 g/mol. The van der Waals surface area contributed by atoms with E-state index in [1.165, 1.54) is 0 Å². The molecule has 160 valence electrons. The van der Waals surface area contributed by atoms with Gasteiger partial charge in [-0.15, -0.1) is 0 Å². The lowest BCUT2D eigenvalue weighted by Crippen LogP contribution is -2.44. The molecule has 1 aliphatic rings. The lowest BCUT2D eigenvalue weighted by molar-refractivity contribution is -0.123. The fraction of sp³-hybridized carbons (Fsp3) is 0.208. The maximum Gasteiger partial charge on any atom is 0.244 e. The van der Waals surface area contributed by atoms with Gasteiger partial charge in [0.15, 0.2) is 0 Å². The maximum absolute atomic E-state index is 13.9. The van der Waals surface area contributed by atoms with Crippen molar-refractivity contribution in [2.45, 2.75) is 12.0 Å². The number of aliphatic hydroxyl groups is 1. The summed E-state index contributed by atoms with van der Waals surface area (Å²) in [6.45, 7) is -0.202. The van der Waals surface area contributed by atoms with Gasteiger partial charge in [-0.3, -0.25) is 4.79 Å². The Labute approximate surface area is 190 Å². The molecule has 0 radical (unpaired) electrons. The molecule has 3 aromatic rings. The topological polar surface area (TPSA) is 59.0 Å². The number of fused-ring (bicyclic) bond motifs is 1. The van der Waals surface area contributed by atoms with Crippen LogP contribution in [0.5, 0.6) is 11.5 Å². The van der Waals surface area contributed by atoms with E-state index in [1.54, 1.807) is 67.7 Å². The standard InChI is InChI=1S/C24H21Cl2NO4/c1-30-17-9-7-15(22(12-17)31-2)13-27-21-10-8-16(25)11-19(21)24(14-28,23(27)29)18-5-3-4-6-20(18)26/h3-12,28H,13-14H2,1-2H3. The van der Waals surface area contributed by atoms with Gasteiger partial charge in [0.1, 0.15) is 16.9 Å². The molecule has 0 aromatic heterocycles. The van der Waals surface area contributed by atoms with E-state index in [0.717, 1.165) is 5.56 Å². The van der Waals surface area contributed by atoms with E-state index in [0.29, 0.717) is 38.4 Å². The summed E-state index contributed by atoms with van der Waals surface area (Å²) in [4.78, 5) is 15.5. The molecule has 31 heavy (non-hydrogen) atoms. The molecule has 0 spiro atoms. The van der Waals surface area contributed by atoms with Gasteiger partial charge < -0.3 is 19.5 Å². The molecule has 1 N–H and O–H groups in total. The number of amides is 1. The highest BCUT2D eigenvalue weighted by atomic mass is 35.5. The Kier molecular flexibility index (Phi) is 5.84. The number of hydrogen-bond acceptors (Lipinski definition) is 4. The van der Waals surface area contributed by atoms with Gasteiger partial charge in [0.25, 0.3) is 0 Å². The third-order valence-electron chi connectivity index (χ3n) is 5.71. The highest BCUT2D eigenvalue weighted by Crippen LogP contribution is 2.49. The van der Waals surface area contributed by atoms with Gasteiger partial charge in [0.05, 0.1) is 27.4 Å². The summed E-state index contributed by atoms with van der Waals surface area (Å²) in [6, 6.07) is 17.7. The first kappa shape index (κ1) is 21.5. The number of aliphatic hydroxyl groups excluding tert-OH is 1. The Bertz CT molecular complexity index is 1150. The van der Waals surface area contributed by atoms with Crippen molar-refractivity contribution in [1.82, 2.24) is 0 Å². The predicted molar refractivity (Wildman–Crippen MR) is 122 cm³/mol. The molecule has 0 saturated carbocycles. The summed E-state index contributed by atoms with van der Waals surface area (Å²) in [7, 11) is 3.15. The molecule has 0 saturated heterocycles. The van der Waals surface area contributed by atoms with E-state index in [4.69, 9.17) is 32.7 Å². The smallest absolute Gasteiger partial charge is 0.244 e. The minimum Gasteiger partial charge on any atom is -0.497 e. The van der Waals surface area contributed by atoms with Crippen LogP contribution < -0.4 is 14.4 Å². The van der Waals surface area contributed by atoms with Crippen LogP contribution in [0, 0.1) is 0 Å². The minimum absolute atomic E-state index is 0.243. The SMILES string of the molecule is COc1ccc(CN2C(=O)C(CO)(c3ccccc3Cl)c3cc(Cl)ccc32)c(OC)c1. The van der Waals surface area contributed by atoms with Crippen molar-refractivity contribution in [3.05, 3.63) is 87.4 Å². The second-order valence-corrected chi connectivity index (χ2v) is 8.12. The van der Waals surface area contributed by atoms with Gasteiger partial charge in [-0.2, -0.15) is 0 Å². The van der Waals surface area contributed by atoms with Gasteiger partial charge in [-0.05, 0) is 47.5 Å². The monoisotopic (exact) mass is 457 g/mol. The summed E-state index contributed by atoms with van der Waals surface area (Å²) >= 11 is 12.8. The van der Waals surface area contributed by atoms with Crippen LogP contribution in [0.3, 0.4) is 0 Å². The fourth-order valence-electron chi connectivity index (χ4n) is 4.16. The number of rotatable bonds is 6. The van der Waals surface area contributed by atoms with Crippen LogP contribution in [-0.4, -0.2) is 31.8 Å². The lowest BCUT2D eigenvalue weighted by atomic mass is 9.76. The van der Waals surface area contributed by atoms with Crippen LogP contribution in [0.4, 0.5) is 5.69 Å². The molecule has 0 fully saturated rings. The first-order valence-electron chi connectivity index (χ1n) is 9.65. The second-order valence-electron chi connectivity index (χ2n) is 7.27. The molecular weight excluding hydrogens is 437 g/mol. The lowest BCUT2D eigenvalue weighted by Gasteiger charge is -2.28. The maximum atomic E-state index is 13.9. The number of halogens is 2. The van der Waals surface area contributed by atoms with Crippen LogP contribution in [0.2, 0.25) is 10.0 Å². The van der Waals surface area contributed by atoms with Crippen LogP contribution in [0.25, 0.3) is 0 Å². The molecule has 1 unspecified atom stereocenters. The summed E-state index contributed by atoms with van der Waals surface area (Å²) in [5.74, 6) is 0.974. The van der Waals surface area contributed by atoms with E-state index in [1.807, 2.05) is 12.1 Å². The molecule has 3 aromatic carbocycles. The van der Waals surface area contributed by atoms with Crippen LogP contribution in [0.1, 0.15) is 16.7 Å². The van der Waals surface area contributed by atoms with Crippen molar-refractivity contribution in [2.24, 2.45) is 0 Å². The molecule has 0 aliphatic carbocycles. The zero-order valence-electron chi connectivity index (χ0n) is 17.1. The third kappa shape index (κ3) is 3.43. The Morgan fingerprint density at radius 2 is 1.74 bits per heavy atom. The van der Waals surface area contributed by atoms with Crippen molar-refractivity contribution < 1.29 is 19.4 Å². The Hall–Kier alpha value is -2.73. The van der Waals surface area contributed by atoms with Gasteiger partial charge in [-0.25, -0.2) is 0 Å². The van der Waals surface area contributed by atoms with Crippen LogP contribution in [0.15, 0.2) is 60.7 Å². The van der Waals surface area contributed by atoms with Crippen molar-refractivity contribution in [3.63, 3.8) is 0 Å². The summed E-state index contributed by atoms with van der Waals surface area (Å²) in [5.41, 5.74) is 1.27. The number of anilines is 1. The molecule has 7 heteroatoms. The van der Waals surface area contributed by atoms with Gasteiger partial charge in [0.2, 0.25) is 5.91 Å². The Balaban J connectivity index is 1.87. The van der Waals surface area contributed by atoms with E-state index >= 15 is 0 Å². The number of hydrogen-bond donors (Lipinski definition) is 1. The molecule has 5 nitrogen and oxygen atoms in total. The fourth-order valence-corrected chi connectivity index (χ4v) is 4.62. The second kappa shape index (κ2) is 8.42. The van der Waals surface area contributed by atoms with Crippen LogP contribution in [-0.2, 0) is 16.8 Å². The normalized spacial score (nSPS) is 17.6. The number of carbonyl (C=O) groups excluding carboxylic acids is 1. The zero-order valence-corrected chi connectivity index (χ0v) is 18.6. The summed E-state index contributed by atoms with van der Waals surface area (Å²) in [6.07, 6.45) is 0. The van der Waals surface area contributed by atoms with Gasteiger partial charge >= 0.3 is 0 Å². The number of methoxy groups -OCH3 is 2. The van der Waals surface area contributed by atoms with Gasteiger partial charge in [0, 0.05) is 27.4 Å². The molecule has 4 rings (SSSR count). The van der Waals surface area contributed by atoms with E-state index in [-0.39, 0.29) is 12.5 Å². The molecular formula is C24H21Cl2NO4. The molecule has 1 amide bonds. The first-order valence-corrected chi connectivity index (χ1v) is 10.4. The average Bonchev–Trinajstić information content (AvgIpc) is 3.02. The van der Waals surface area contributed by atoms with E-state index < -0.39 is 12.0 Å². The van der Waals surface area contributed by atoms with Crippen molar-refractivity contribution in [3.8, 4) is 11.5 Å². The number of benzene rings is 3. The Morgan fingerprint density at radius 3 is 2.42 bits per heavy atom. The molecule has 0 bridgehead atoms. The van der Waals surface area contributed by atoms with Crippen molar-refractivity contribution >= 4 is 34.8 Å². The molecule has 1 heterocycles. The summed E-state index contributed by atoms with van der Waals surface area (Å²) < 4.78 is 10.8. The highest BCUT2D eigenvalue weighted by Gasteiger charge is 2.53. The number of ether oxygens (including phenoxy) is 2. The van der Waals surface area contributed by atoms with E-state index in [9.17, 15) is 9.90 Å². The highest BCUT2D eigenvalue weighted by molar-refractivity contribution is 6.32.